The molecule has 1 saturated heterocycles. The second kappa shape index (κ2) is 8.76. The molecule has 21 heavy (non-hydrogen) atoms. The molecular formula is C18H33N3. The van der Waals surface area contributed by atoms with Crippen LogP contribution in [0.2, 0.25) is 0 Å². The zero-order valence-electron chi connectivity index (χ0n) is 13.9. The van der Waals surface area contributed by atoms with E-state index in [0.717, 1.165) is 19.4 Å². The molecule has 0 aromatic heterocycles. The summed E-state index contributed by atoms with van der Waals surface area (Å²) < 4.78 is 0. The van der Waals surface area contributed by atoms with E-state index in [1.165, 1.54) is 71.0 Å². The summed E-state index contributed by atoms with van der Waals surface area (Å²) >= 11 is 0. The summed E-state index contributed by atoms with van der Waals surface area (Å²) in [7, 11) is 0. The van der Waals surface area contributed by atoms with Crippen LogP contribution in [0.5, 0.6) is 0 Å². The summed E-state index contributed by atoms with van der Waals surface area (Å²) in [5, 5.41) is 13.3. The second-order valence-corrected chi connectivity index (χ2v) is 7.00. The lowest BCUT2D eigenvalue weighted by atomic mass is 9.85. The molecular weight excluding hydrogens is 258 g/mol. The van der Waals surface area contributed by atoms with Crippen molar-refractivity contribution >= 4 is 0 Å². The van der Waals surface area contributed by atoms with Gasteiger partial charge >= 0.3 is 0 Å². The van der Waals surface area contributed by atoms with Crippen LogP contribution in [-0.4, -0.2) is 36.6 Å². The van der Waals surface area contributed by atoms with Gasteiger partial charge in [-0.05, 0) is 70.6 Å². The van der Waals surface area contributed by atoms with Crippen molar-refractivity contribution in [3.05, 3.63) is 0 Å². The van der Waals surface area contributed by atoms with Crippen molar-refractivity contribution in [3.63, 3.8) is 0 Å². The Hall–Kier alpha value is -0.590. The molecule has 1 saturated carbocycles. The van der Waals surface area contributed by atoms with E-state index in [2.05, 4.69) is 23.2 Å². The van der Waals surface area contributed by atoms with Crippen LogP contribution in [0.25, 0.3) is 0 Å². The third-order valence-electron chi connectivity index (χ3n) is 5.45. The molecule has 2 aliphatic rings. The van der Waals surface area contributed by atoms with Crippen molar-refractivity contribution < 1.29 is 0 Å². The Morgan fingerprint density at radius 2 is 1.86 bits per heavy atom. The number of likely N-dealkylation sites (tertiary alicyclic amines) is 1. The van der Waals surface area contributed by atoms with Gasteiger partial charge in [0.1, 0.15) is 5.54 Å². The molecule has 2 rings (SSSR count). The lowest BCUT2D eigenvalue weighted by Gasteiger charge is -2.32. The maximum absolute atomic E-state index is 9.71. The van der Waals surface area contributed by atoms with Gasteiger partial charge < -0.3 is 4.90 Å². The van der Waals surface area contributed by atoms with Crippen LogP contribution in [0.15, 0.2) is 0 Å². The average molecular weight is 291 g/mol. The molecule has 1 aliphatic heterocycles. The molecule has 120 valence electrons. The van der Waals surface area contributed by atoms with E-state index in [-0.39, 0.29) is 5.54 Å². The Labute approximate surface area is 131 Å². The molecule has 1 N–H and O–H groups in total. The lowest BCUT2D eigenvalue weighted by Crippen LogP contribution is -2.48. The van der Waals surface area contributed by atoms with Crippen LogP contribution in [0.3, 0.4) is 0 Å². The highest BCUT2D eigenvalue weighted by atomic mass is 15.1. The molecule has 3 heteroatoms. The van der Waals surface area contributed by atoms with Gasteiger partial charge in [0, 0.05) is 0 Å². The van der Waals surface area contributed by atoms with Crippen LogP contribution in [-0.2, 0) is 0 Å². The van der Waals surface area contributed by atoms with Crippen molar-refractivity contribution in [3.8, 4) is 6.07 Å². The highest BCUT2D eigenvalue weighted by Crippen LogP contribution is 2.37. The Morgan fingerprint density at radius 3 is 2.52 bits per heavy atom. The summed E-state index contributed by atoms with van der Waals surface area (Å²) in [4.78, 5) is 2.65. The van der Waals surface area contributed by atoms with Gasteiger partial charge in [0.15, 0.2) is 0 Å². The third-order valence-corrected chi connectivity index (χ3v) is 5.45. The number of nitriles is 1. The molecule has 2 unspecified atom stereocenters. The molecule has 0 spiro atoms. The average Bonchev–Trinajstić information content (AvgIpc) is 2.87. The first-order valence-corrected chi connectivity index (χ1v) is 9.19. The van der Waals surface area contributed by atoms with Crippen LogP contribution in [0.1, 0.15) is 71.1 Å². The molecule has 2 fully saturated rings. The minimum absolute atomic E-state index is 0.223. The topological polar surface area (TPSA) is 39.1 Å². The van der Waals surface area contributed by atoms with Gasteiger partial charge in [0.2, 0.25) is 0 Å². The molecule has 1 heterocycles. The van der Waals surface area contributed by atoms with E-state index in [1.807, 2.05) is 0 Å². The third kappa shape index (κ3) is 4.69. The predicted octanol–water partition coefficient (Wildman–Crippen LogP) is 3.70. The number of nitrogens with one attached hydrogen (secondary N) is 1. The lowest BCUT2D eigenvalue weighted by molar-refractivity contribution is 0.208. The fourth-order valence-corrected chi connectivity index (χ4v) is 4.11. The van der Waals surface area contributed by atoms with Crippen molar-refractivity contribution in [1.29, 1.82) is 5.26 Å². The maximum atomic E-state index is 9.71. The van der Waals surface area contributed by atoms with Gasteiger partial charge in [0.05, 0.1) is 6.07 Å². The molecule has 2 atom stereocenters. The number of nitrogens with zero attached hydrogens (tertiary/aromatic N) is 2. The van der Waals surface area contributed by atoms with Gasteiger partial charge in [-0.1, -0.05) is 32.6 Å². The van der Waals surface area contributed by atoms with Gasteiger partial charge in [-0.25, -0.2) is 0 Å². The van der Waals surface area contributed by atoms with E-state index in [1.54, 1.807) is 0 Å². The monoisotopic (exact) mass is 291 g/mol. The predicted molar refractivity (Wildman–Crippen MR) is 88.1 cm³/mol. The zero-order valence-corrected chi connectivity index (χ0v) is 13.9. The first kappa shape index (κ1) is 16.8. The Balaban J connectivity index is 1.83. The standard InChI is InChI=1S/C18H33N3/c1-2-12-20-18(16-19)11-8-9-17(18)10-15-21-13-6-4-3-5-7-14-21/h17,20H,2-15H2,1H3. The summed E-state index contributed by atoms with van der Waals surface area (Å²) in [5.74, 6) is 0.555. The zero-order chi connectivity index (χ0) is 15.0. The second-order valence-electron chi connectivity index (χ2n) is 7.00. The molecule has 1 aliphatic carbocycles. The molecule has 0 amide bonds. The minimum Gasteiger partial charge on any atom is -0.303 e. The van der Waals surface area contributed by atoms with Crippen molar-refractivity contribution in [1.82, 2.24) is 10.2 Å². The molecule has 3 nitrogen and oxygen atoms in total. The number of rotatable bonds is 6. The largest absolute Gasteiger partial charge is 0.303 e. The van der Waals surface area contributed by atoms with E-state index in [9.17, 15) is 5.26 Å². The van der Waals surface area contributed by atoms with Crippen molar-refractivity contribution in [2.75, 3.05) is 26.2 Å². The fourth-order valence-electron chi connectivity index (χ4n) is 4.11. The Kier molecular flexibility index (Phi) is 6.99. The highest BCUT2D eigenvalue weighted by Gasteiger charge is 2.42. The van der Waals surface area contributed by atoms with Crippen molar-refractivity contribution in [2.24, 2.45) is 5.92 Å². The van der Waals surface area contributed by atoms with Gasteiger partial charge in [-0.2, -0.15) is 5.26 Å². The first-order chi connectivity index (χ1) is 10.3. The quantitative estimate of drug-likeness (QED) is 0.811. The molecule has 0 bridgehead atoms. The smallest absolute Gasteiger partial charge is 0.109 e. The summed E-state index contributed by atoms with van der Waals surface area (Å²) in [6.07, 6.45) is 12.8. The minimum atomic E-state index is -0.223. The number of hydrogen-bond donors (Lipinski definition) is 1. The van der Waals surface area contributed by atoms with Crippen molar-refractivity contribution in [2.45, 2.75) is 76.7 Å². The van der Waals surface area contributed by atoms with E-state index >= 15 is 0 Å². The van der Waals surface area contributed by atoms with Gasteiger partial charge in [0.25, 0.3) is 0 Å². The molecule has 0 aromatic carbocycles. The maximum Gasteiger partial charge on any atom is 0.109 e. The molecule has 0 aromatic rings. The van der Waals surface area contributed by atoms with E-state index < -0.39 is 0 Å². The normalized spacial score (nSPS) is 31.5. The van der Waals surface area contributed by atoms with Crippen LogP contribution < -0.4 is 5.32 Å². The SMILES string of the molecule is CCCNC1(C#N)CCCC1CCN1CCCCCCC1. The fraction of sp³-hybridized carbons (Fsp3) is 0.944. The van der Waals surface area contributed by atoms with Crippen LogP contribution >= 0.6 is 0 Å². The van der Waals surface area contributed by atoms with Gasteiger partial charge in [-0.15, -0.1) is 0 Å². The first-order valence-electron chi connectivity index (χ1n) is 9.19. The van der Waals surface area contributed by atoms with E-state index in [4.69, 9.17) is 0 Å². The van der Waals surface area contributed by atoms with Gasteiger partial charge in [-0.3, -0.25) is 5.32 Å². The molecule has 0 radical (unpaired) electrons. The Morgan fingerprint density at radius 1 is 1.14 bits per heavy atom. The van der Waals surface area contributed by atoms with E-state index in [0.29, 0.717) is 5.92 Å². The summed E-state index contributed by atoms with van der Waals surface area (Å²) in [6, 6.07) is 2.64. The van der Waals surface area contributed by atoms with Crippen LogP contribution in [0.4, 0.5) is 0 Å². The summed E-state index contributed by atoms with van der Waals surface area (Å²) in [6.45, 7) is 6.90. The highest BCUT2D eigenvalue weighted by molar-refractivity contribution is 5.14. The van der Waals surface area contributed by atoms with Crippen LogP contribution in [0, 0.1) is 17.2 Å². The Bertz CT molecular complexity index is 328. The number of hydrogen-bond acceptors (Lipinski definition) is 3. The summed E-state index contributed by atoms with van der Waals surface area (Å²) in [5.41, 5.74) is -0.223.